The Kier molecular flexibility index (Phi) is 3.23. The van der Waals surface area contributed by atoms with E-state index in [4.69, 9.17) is 4.42 Å². The van der Waals surface area contributed by atoms with Gasteiger partial charge < -0.3 is 9.73 Å². The molecule has 0 spiro atoms. The predicted molar refractivity (Wildman–Crippen MR) is 87.4 cm³/mol. The zero-order chi connectivity index (χ0) is 15.8. The molecular formula is C19H13F2NO. The number of nitrogens with one attached hydrogen (secondary N) is 1. The van der Waals surface area contributed by atoms with Gasteiger partial charge in [0.25, 0.3) is 0 Å². The van der Waals surface area contributed by atoms with Crippen LogP contribution in [-0.2, 0) is 6.54 Å². The Balaban J connectivity index is 1.65. The van der Waals surface area contributed by atoms with E-state index in [0.717, 1.165) is 33.7 Å². The molecule has 0 saturated carbocycles. The maximum atomic E-state index is 13.2. The lowest BCUT2D eigenvalue weighted by Gasteiger charge is -2.07. The van der Waals surface area contributed by atoms with Crippen LogP contribution in [-0.4, -0.2) is 0 Å². The van der Waals surface area contributed by atoms with Crippen LogP contribution in [0.1, 0.15) is 5.56 Å². The highest BCUT2D eigenvalue weighted by atomic mass is 19.1. The number of furan rings is 1. The third-order valence-corrected chi connectivity index (χ3v) is 3.80. The Morgan fingerprint density at radius 3 is 2.35 bits per heavy atom. The lowest BCUT2D eigenvalue weighted by atomic mass is 10.1. The molecule has 4 heteroatoms. The van der Waals surface area contributed by atoms with Crippen molar-refractivity contribution in [1.82, 2.24) is 0 Å². The molecule has 0 radical (unpaired) electrons. The normalized spacial score (nSPS) is 11.2. The smallest absolute Gasteiger partial charge is 0.135 e. The molecule has 0 atom stereocenters. The van der Waals surface area contributed by atoms with E-state index in [1.165, 1.54) is 12.1 Å². The van der Waals surface area contributed by atoms with Crippen LogP contribution in [0.3, 0.4) is 0 Å². The van der Waals surface area contributed by atoms with E-state index in [-0.39, 0.29) is 0 Å². The van der Waals surface area contributed by atoms with Gasteiger partial charge in [0.2, 0.25) is 0 Å². The third-order valence-electron chi connectivity index (χ3n) is 3.80. The van der Waals surface area contributed by atoms with Crippen molar-refractivity contribution in [3.8, 4) is 0 Å². The van der Waals surface area contributed by atoms with Gasteiger partial charge in [0.1, 0.15) is 22.8 Å². The molecule has 23 heavy (non-hydrogen) atoms. The van der Waals surface area contributed by atoms with Gasteiger partial charge in [-0.1, -0.05) is 18.2 Å². The molecule has 0 saturated heterocycles. The highest BCUT2D eigenvalue weighted by Gasteiger charge is 2.07. The molecular weight excluding hydrogens is 296 g/mol. The molecule has 3 aromatic carbocycles. The van der Waals surface area contributed by atoms with E-state index in [1.807, 2.05) is 42.5 Å². The van der Waals surface area contributed by atoms with Crippen LogP contribution in [0.15, 0.2) is 65.1 Å². The summed E-state index contributed by atoms with van der Waals surface area (Å²) >= 11 is 0. The number of hydrogen-bond donors (Lipinski definition) is 1. The van der Waals surface area contributed by atoms with Crippen molar-refractivity contribution in [2.75, 3.05) is 5.32 Å². The van der Waals surface area contributed by atoms with Gasteiger partial charge in [-0.05, 0) is 42.0 Å². The fourth-order valence-electron chi connectivity index (χ4n) is 2.75. The zero-order valence-corrected chi connectivity index (χ0v) is 12.1. The maximum Gasteiger partial charge on any atom is 0.135 e. The second kappa shape index (κ2) is 5.39. The van der Waals surface area contributed by atoms with E-state index >= 15 is 0 Å². The third kappa shape index (κ3) is 2.63. The average molecular weight is 309 g/mol. The molecule has 1 N–H and O–H groups in total. The van der Waals surface area contributed by atoms with Crippen LogP contribution in [0.2, 0.25) is 0 Å². The van der Waals surface area contributed by atoms with Crippen LogP contribution in [0, 0.1) is 11.6 Å². The standard InChI is InChI=1S/C19H13F2NO/c20-13-7-12(8-14(21)9-13)11-22-15-5-6-19-17(10-15)16-3-1-2-4-18(16)23-19/h1-10,22H,11H2. The molecule has 1 heterocycles. The molecule has 0 unspecified atom stereocenters. The van der Waals surface area contributed by atoms with Crippen molar-refractivity contribution in [1.29, 1.82) is 0 Å². The number of para-hydroxylation sites is 1. The maximum absolute atomic E-state index is 13.2. The summed E-state index contributed by atoms with van der Waals surface area (Å²) in [4.78, 5) is 0. The minimum absolute atomic E-state index is 0.343. The topological polar surface area (TPSA) is 25.2 Å². The number of rotatable bonds is 3. The van der Waals surface area contributed by atoms with Gasteiger partial charge in [-0.3, -0.25) is 0 Å². The second-order valence-corrected chi connectivity index (χ2v) is 5.44. The molecule has 0 aliphatic carbocycles. The van der Waals surface area contributed by atoms with E-state index in [9.17, 15) is 8.78 Å². The number of benzene rings is 3. The summed E-state index contributed by atoms with van der Waals surface area (Å²) in [6.07, 6.45) is 0. The van der Waals surface area contributed by atoms with Crippen LogP contribution >= 0.6 is 0 Å². The number of hydrogen-bond acceptors (Lipinski definition) is 2. The highest BCUT2D eigenvalue weighted by molar-refractivity contribution is 6.05. The largest absolute Gasteiger partial charge is 0.456 e. The minimum Gasteiger partial charge on any atom is -0.456 e. The highest BCUT2D eigenvalue weighted by Crippen LogP contribution is 2.30. The Bertz CT molecular complexity index is 987. The molecule has 4 aromatic rings. The molecule has 0 aliphatic heterocycles. The fourth-order valence-corrected chi connectivity index (χ4v) is 2.75. The van der Waals surface area contributed by atoms with E-state index in [0.29, 0.717) is 12.1 Å². The van der Waals surface area contributed by atoms with Crippen LogP contribution < -0.4 is 5.32 Å². The number of anilines is 1. The summed E-state index contributed by atoms with van der Waals surface area (Å²) in [5.74, 6) is -1.14. The van der Waals surface area contributed by atoms with Crippen molar-refractivity contribution in [2.45, 2.75) is 6.54 Å². The van der Waals surface area contributed by atoms with E-state index in [2.05, 4.69) is 5.32 Å². The van der Waals surface area contributed by atoms with Gasteiger partial charge in [-0.2, -0.15) is 0 Å². The molecule has 0 amide bonds. The fraction of sp³-hybridized carbons (Fsp3) is 0.0526. The first-order valence-corrected chi connectivity index (χ1v) is 7.29. The molecule has 0 aliphatic rings. The summed E-state index contributed by atoms with van der Waals surface area (Å²) < 4.78 is 32.2. The molecule has 1 aromatic heterocycles. The van der Waals surface area contributed by atoms with Crippen molar-refractivity contribution >= 4 is 27.6 Å². The average Bonchev–Trinajstić information content (AvgIpc) is 2.90. The Hall–Kier alpha value is -2.88. The quantitative estimate of drug-likeness (QED) is 0.542. The number of halogens is 2. The van der Waals surface area contributed by atoms with Gasteiger partial charge in [0.15, 0.2) is 0 Å². The van der Waals surface area contributed by atoms with Gasteiger partial charge in [-0.15, -0.1) is 0 Å². The van der Waals surface area contributed by atoms with Crippen molar-refractivity contribution in [2.24, 2.45) is 0 Å². The first-order valence-electron chi connectivity index (χ1n) is 7.29. The predicted octanol–water partition coefficient (Wildman–Crippen LogP) is 5.48. The van der Waals surface area contributed by atoms with Gasteiger partial charge in [-0.25, -0.2) is 8.78 Å². The zero-order valence-electron chi connectivity index (χ0n) is 12.1. The van der Waals surface area contributed by atoms with Crippen LogP contribution in [0.25, 0.3) is 21.9 Å². The summed E-state index contributed by atoms with van der Waals surface area (Å²) in [6, 6.07) is 17.1. The second-order valence-electron chi connectivity index (χ2n) is 5.44. The molecule has 0 bridgehead atoms. The summed E-state index contributed by atoms with van der Waals surface area (Å²) in [5, 5.41) is 5.24. The lowest BCUT2D eigenvalue weighted by Crippen LogP contribution is -2.00. The van der Waals surface area contributed by atoms with Crippen molar-refractivity contribution in [3.63, 3.8) is 0 Å². The van der Waals surface area contributed by atoms with Gasteiger partial charge in [0.05, 0.1) is 0 Å². The van der Waals surface area contributed by atoms with Crippen molar-refractivity contribution in [3.05, 3.63) is 77.9 Å². The van der Waals surface area contributed by atoms with E-state index in [1.54, 1.807) is 0 Å². The van der Waals surface area contributed by atoms with Crippen molar-refractivity contribution < 1.29 is 13.2 Å². The molecule has 114 valence electrons. The Morgan fingerprint density at radius 1 is 0.783 bits per heavy atom. The first kappa shape index (κ1) is 13.8. The molecule has 2 nitrogen and oxygen atoms in total. The SMILES string of the molecule is Fc1cc(F)cc(CNc2ccc3oc4ccccc4c3c2)c1. The summed E-state index contributed by atoms with van der Waals surface area (Å²) in [6.45, 7) is 0.343. The summed E-state index contributed by atoms with van der Waals surface area (Å²) in [5.41, 5.74) is 3.08. The lowest BCUT2D eigenvalue weighted by molar-refractivity contribution is 0.580. The molecule has 0 fully saturated rings. The van der Waals surface area contributed by atoms with Gasteiger partial charge in [0, 0.05) is 29.1 Å². The van der Waals surface area contributed by atoms with Crippen LogP contribution in [0.4, 0.5) is 14.5 Å². The first-order chi connectivity index (χ1) is 11.2. The molecule has 4 rings (SSSR count). The monoisotopic (exact) mass is 309 g/mol. The Labute approximate surface area is 131 Å². The van der Waals surface area contributed by atoms with Crippen LogP contribution in [0.5, 0.6) is 0 Å². The summed E-state index contributed by atoms with van der Waals surface area (Å²) in [7, 11) is 0. The Morgan fingerprint density at radius 2 is 1.52 bits per heavy atom. The minimum atomic E-state index is -0.571. The van der Waals surface area contributed by atoms with Gasteiger partial charge >= 0.3 is 0 Å². The number of fused-ring (bicyclic) bond motifs is 3. The van der Waals surface area contributed by atoms with E-state index < -0.39 is 11.6 Å².